The summed E-state index contributed by atoms with van der Waals surface area (Å²) in [6, 6.07) is 2.11. The van der Waals surface area contributed by atoms with Crippen LogP contribution in [-0.2, 0) is 14.2 Å². The van der Waals surface area contributed by atoms with E-state index in [1.54, 1.807) is 7.11 Å². The Morgan fingerprint density at radius 2 is 2.50 bits per heavy atom. The van der Waals surface area contributed by atoms with Gasteiger partial charge in [0.1, 0.15) is 11.7 Å². The topological polar surface area (TPSA) is 54.8 Å². The number of hydrogen-bond acceptors (Lipinski definition) is 4. The summed E-state index contributed by atoms with van der Waals surface area (Å²) < 4.78 is 15.8. The maximum Gasteiger partial charge on any atom is 0.176 e. The molecule has 2 saturated heterocycles. The SMILES string of the molecule is COC1COCCC12OC2C#N. The minimum absolute atomic E-state index is 0.0732. The average molecular weight is 169 g/mol. The smallest absolute Gasteiger partial charge is 0.176 e. The molecule has 0 radical (unpaired) electrons. The van der Waals surface area contributed by atoms with Crippen LogP contribution in [0.2, 0.25) is 0 Å². The third kappa shape index (κ3) is 0.944. The van der Waals surface area contributed by atoms with Crippen LogP contribution in [0, 0.1) is 11.3 Å². The third-order valence-electron chi connectivity index (χ3n) is 2.58. The Balaban J connectivity index is 2.08. The van der Waals surface area contributed by atoms with Gasteiger partial charge in [0.2, 0.25) is 0 Å². The number of hydrogen-bond donors (Lipinski definition) is 0. The first-order valence-electron chi connectivity index (χ1n) is 4.01. The van der Waals surface area contributed by atoms with Crippen LogP contribution < -0.4 is 0 Å². The molecule has 0 saturated carbocycles. The average Bonchev–Trinajstić information content (AvgIpc) is 2.81. The first-order valence-corrected chi connectivity index (χ1v) is 4.01. The first-order chi connectivity index (χ1) is 5.83. The molecule has 0 aromatic heterocycles. The Bertz CT molecular complexity index is 225. The van der Waals surface area contributed by atoms with E-state index >= 15 is 0 Å². The number of rotatable bonds is 1. The molecule has 2 rings (SSSR count). The normalized spacial score (nSPS) is 45.7. The molecule has 0 aliphatic carbocycles. The van der Waals surface area contributed by atoms with Crippen molar-refractivity contribution in [3.05, 3.63) is 0 Å². The molecule has 0 bridgehead atoms. The van der Waals surface area contributed by atoms with Crippen molar-refractivity contribution < 1.29 is 14.2 Å². The van der Waals surface area contributed by atoms with Crippen molar-refractivity contribution in [1.29, 1.82) is 5.26 Å². The molecule has 0 N–H and O–H groups in total. The second-order valence-corrected chi connectivity index (χ2v) is 3.13. The Hall–Kier alpha value is -0.630. The molecular weight excluding hydrogens is 158 g/mol. The summed E-state index contributed by atoms with van der Waals surface area (Å²) in [6.45, 7) is 1.20. The summed E-state index contributed by atoms with van der Waals surface area (Å²) in [4.78, 5) is 0. The van der Waals surface area contributed by atoms with E-state index in [0.717, 1.165) is 6.42 Å². The van der Waals surface area contributed by atoms with Gasteiger partial charge in [0, 0.05) is 20.1 Å². The highest BCUT2D eigenvalue weighted by atomic mass is 16.6. The molecule has 0 aromatic rings. The van der Waals surface area contributed by atoms with Gasteiger partial charge in [-0.3, -0.25) is 0 Å². The van der Waals surface area contributed by atoms with Crippen LogP contribution in [0.25, 0.3) is 0 Å². The van der Waals surface area contributed by atoms with Gasteiger partial charge in [0.15, 0.2) is 6.10 Å². The summed E-state index contributed by atoms with van der Waals surface area (Å²) in [5.74, 6) is 0. The third-order valence-corrected chi connectivity index (χ3v) is 2.58. The molecule has 3 atom stereocenters. The monoisotopic (exact) mass is 169 g/mol. The number of nitriles is 1. The molecule has 0 aromatic carbocycles. The largest absolute Gasteiger partial charge is 0.379 e. The van der Waals surface area contributed by atoms with Gasteiger partial charge < -0.3 is 14.2 Å². The fourth-order valence-corrected chi connectivity index (χ4v) is 1.75. The molecule has 2 heterocycles. The van der Waals surface area contributed by atoms with E-state index in [1.165, 1.54) is 0 Å². The van der Waals surface area contributed by atoms with E-state index < -0.39 is 0 Å². The maximum absolute atomic E-state index is 8.67. The zero-order valence-electron chi connectivity index (χ0n) is 6.95. The summed E-state index contributed by atoms with van der Waals surface area (Å²) in [5, 5.41) is 8.67. The summed E-state index contributed by atoms with van der Waals surface area (Å²) in [7, 11) is 1.62. The predicted molar refractivity (Wildman–Crippen MR) is 39.5 cm³/mol. The minimum Gasteiger partial charge on any atom is -0.379 e. The van der Waals surface area contributed by atoms with Crippen LogP contribution in [0.1, 0.15) is 6.42 Å². The summed E-state index contributed by atoms with van der Waals surface area (Å²) in [5.41, 5.74) is -0.345. The second kappa shape index (κ2) is 2.70. The number of ether oxygens (including phenoxy) is 3. The van der Waals surface area contributed by atoms with Crippen LogP contribution in [0.4, 0.5) is 0 Å². The van der Waals surface area contributed by atoms with Crippen molar-refractivity contribution in [2.24, 2.45) is 0 Å². The first kappa shape index (κ1) is 7.99. The van der Waals surface area contributed by atoms with Crippen molar-refractivity contribution >= 4 is 0 Å². The highest BCUT2D eigenvalue weighted by Gasteiger charge is 2.63. The lowest BCUT2D eigenvalue weighted by Gasteiger charge is -2.27. The van der Waals surface area contributed by atoms with Gasteiger partial charge in [-0.1, -0.05) is 0 Å². The Kier molecular flexibility index (Phi) is 1.80. The zero-order valence-corrected chi connectivity index (χ0v) is 6.95. The van der Waals surface area contributed by atoms with Crippen LogP contribution in [0.3, 0.4) is 0 Å². The quantitative estimate of drug-likeness (QED) is 0.522. The molecule has 66 valence electrons. The van der Waals surface area contributed by atoms with Crippen LogP contribution in [0.15, 0.2) is 0 Å². The van der Waals surface area contributed by atoms with E-state index in [1.807, 2.05) is 0 Å². The molecule has 3 unspecified atom stereocenters. The highest BCUT2D eigenvalue weighted by molar-refractivity contribution is 5.18. The van der Waals surface area contributed by atoms with E-state index in [9.17, 15) is 0 Å². The molecule has 1 spiro atoms. The summed E-state index contributed by atoms with van der Waals surface area (Å²) in [6.07, 6.45) is 0.409. The fourth-order valence-electron chi connectivity index (χ4n) is 1.75. The van der Waals surface area contributed by atoms with Crippen molar-refractivity contribution in [3.8, 4) is 6.07 Å². The zero-order chi connectivity index (χ0) is 8.60. The Labute approximate surface area is 71.0 Å². The van der Waals surface area contributed by atoms with Crippen molar-refractivity contribution in [2.45, 2.75) is 24.2 Å². The van der Waals surface area contributed by atoms with Gasteiger partial charge in [-0.05, 0) is 0 Å². The number of nitrogens with zero attached hydrogens (tertiary/aromatic N) is 1. The van der Waals surface area contributed by atoms with Gasteiger partial charge in [-0.25, -0.2) is 0 Å². The standard InChI is InChI=1S/C8H11NO3/c1-10-7-5-11-3-2-8(7)6(4-9)12-8/h6-7H,2-3,5H2,1H3. The van der Waals surface area contributed by atoms with E-state index in [2.05, 4.69) is 6.07 Å². The minimum atomic E-state index is -0.345. The molecule has 0 amide bonds. The Morgan fingerprint density at radius 3 is 3.08 bits per heavy atom. The molecule has 2 aliphatic heterocycles. The van der Waals surface area contributed by atoms with Crippen LogP contribution in [0.5, 0.6) is 0 Å². The van der Waals surface area contributed by atoms with E-state index in [-0.39, 0.29) is 17.8 Å². The van der Waals surface area contributed by atoms with Crippen LogP contribution in [-0.4, -0.2) is 38.1 Å². The van der Waals surface area contributed by atoms with Gasteiger partial charge in [-0.15, -0.1) is 0 Å². The van der Waals surface area contributed by atoms with E-state index in [4.69, 9.17) is 19.5 Å². The summed E-state index contributed by atoms with van der Waals surface area (Å²) >= 11 is 0. The van der Waals surface area contributed by atoms with Gasteiger partial charge >= 0.3 is 0 Å². The molecule has 2 fully saturated rings. The lowest BCUT2D eigenvalue weighted by atomic mass is 9.93. The lowest BCUT2D eigenvalue weighted by molar-refractivity contribution is -0.0773. The molecule has 12 heavy (non-hydrogen) atoms. The lowest BCUT2D eigenvalue weighted by Crippen LogP contribution is -2.42. The second-order valence-electron chi connectivity index (χ2n) is 3.13. The molecule has 4 heteroatoms. The van der Waals surface area contributed by atoms with Crippen molar-refractivity contribution in [3.63, 3.8) is 0 Å². The fraction of sp³-hybridized carbons (Fsp3) is 0.875. The molecule has 4 nitrogen and oxygen atoms in total. The van der Waals surface area contributed by atoms with Crippen molar-refractivity contribution in [2.75, 3.05) is 20.3 Å². The van der Waals surface area contributed by atoms with Crippen molar-refractivity contribution in [1.82, 2.24) is 0 Å². The Morgan fingerprint density at radius 1 is 1.67 bits per heavy atom. The predicted octanol–water partition coefficient (Wildman–Crippen LogP) is 0.0829. The van der Waals surface area contributed by atoms with Gasteiger partial charge in [0.25, 0.3) is 0 Å². The van der Waals surface area contributed by atoms with E-state index in [0.29, 0.717) is 13.2 Å². The molecule has 2 aliphatic rings. The number of epoxide rings is 1. The maximum atomic E-state index is 8.67. The van der Waals surface area contributed by atoms with Gasteiger partial charge in [0.05, 0.1) is 12.7 Å². The van der Waals surface area contributed by atoms with Gasteiger partial charge in [-0.2, -0.15) is 5.26 Å². The number of methoxy groups -OCH3 is 1. The molecular formula is C8H11NO3. The van der Waals surface area contributed by atoms with Crippen LogP contribution >= 0.6 is 0 Å². The highest BCUT2D eigenvalue weighted by Crippen LogP contribution is 2.45.